The second-order valence-corrected chi connectivity index (χ2v) is 8.03. The lowest BCUT2D eigenvalue weighted by atomic mass is 10.1. The van der Waals surface area contributed by atoms with Crippen molar-refractivity contribution in [3.8, 4) is 0 Å². The number of thioether (sulfide) groups is 1. The third kappa shape index (κ3) is 3.51. The molecule has 0 aromatic heterocycles. The number of rotatable bonds is 5. The maximum atomic E-state index is 12.7. The largest absolute Gasteiger partial charge is 0.278 e. The molecule has 3 nitrogen and oxygen atoms in total. The Hall–Kier alpha value is -1.98. The van der Waals surface area contributed by atoms with Crippen LogP contribution < -0.4 is 4.72 Å². The average Bonchev–Trinajstić information content (AvgIpc) is 2.56. The number of fused-ring (bicyclic) bond motifs is 1. The third-order valence-electron chi connectivity index (χ3n) is 3.46. The van der Waals surface area contributed by atoms with Crippen LogP contribution in [0.1, 0.15) is 6.92 Å². The van der Waals surface area contributed by atoms with E-state index < -0.39 is 10.0 Å². The summed E-state index contributed by atoms with van der Waals surface area (Å²) in [5, 5.41) is 1.93. The number of hydrogen-bond acceptors (Lipinski definition) is 3. The minimum Gasteiger partial charge on any atom is -0.278 e. The summed E-state index contributed by atoms with van der Waals surface area (Å²) >= 11 is 1.61. The molecule has 3 aromatic carbocycles. The van der Waals surface area contributed by atoms with Gasteiger partial charge in [0.1, 0.15) is 0 Å². The lowest BCUT2D eigenvalue weighted by Gasteiger charge is -2.12. The molecular formula is C18H17NO2S2. The minimum absolute atomic E-state index is 0.271. The van der Waals surface area contributed by atoms with Crippen molar-refractivity contribution >= 4 is 38.2 Å². The van der Waals surface area contributed by atoms with E-state index in [0.29, 0.717) is 5.69 Å². The molecular weight excluding hydrogens is 326 g/mol. The van der Waals surface area contributed by atoms with E-state index >= 15 is 0 Å². The molecule has 1 N–H and O–H groups in total. The number of benzene rings is 3. The first-order valence-electron chi connectivity index (χ1n) is 7.33. The van der Waals surface area contributed by atoms with Gasteiger partial charge in [-0.2, -0.15) is 0 Å². The smallest absolute Gasteiger partial charge is 0.261 e. The molecule has 0 fully saturated rings. The number of anilines is 1. The molecule has 3 aromatic rings. The molecule has 0 saturated carbocycles. The summed E-state index contributed by atoms with van der Waals surface area (Å²) in [4.78, 5) is 1.20. The predicted octanol–water partition coefficient (Wildman–Crippen LogP) is 4.75. The topological polar surface area (TPSA) is 46.2 Å². The number of nitrogens with one attached hydrogen (secondary N) is 1. The van der Waals surface area contributed by atoms with Crippen LogP contribution in [-0.4, -0.2) is 14.2 Å². The molecule has 0 spiro atoms. The summed E-state index contributed by atoms with van der Waals surface area (Å²) in [5.41, 5.74) is 0.618. The maximum Gasteiger partial charge on any atom is 0.261 e. The highest BCUT2D eigenvalue weighted by molar-refractivity contribution is 7.99. The second-order valence-electron chi connectivity index (χ2n) is 5.04. The lowest BCUT2D eigenvalue weighted by molar-refractivity contribution is 0.601. The van der Waals surface area contributed by atoms with Crippen LogP contribution in [-0.2, 0) is 10.0 Å². The van der Waals surface area contributed by atoms with Gasteiger partial charge >= 0.3 is 0 Å². The van der Waals surface area contributed by atoms with Crippen molar-refractivity contribution in [2.45, 2.75) is 16.7 Å². The number of para-hydroxylation sites is 1. The molecule has 0 aliphatic carbocycles. The molecule has 0 radical (unpaired) electrons. The molecule has 0 bridgehead atoms. The molecule has 0 unspecified atom stereocenters. The standard InChI is InChI=1S/C18H17NO2S2/c1-2-22-18-10-6-5-9-17(18)19-23(20,21)16-12-11-14-7-3-4-8-15(14)13-16/h3-13,19H,2H2,1H3. The van der Waals surface area contributed by atoms with E-state index in [1.807, 2.05) is 55.5 Å². The lowest BCUT2D eigenvalue weighted by Crippen LogP contribution is -2.13. The van der Waals surface area contributed by atoms with E-state index in [-0.39, 0.29) is 4.90 Å². The van der Waals surface area contributed by atoms with Crippen LogP contribution in [0.5, 0.6) is 0 Å². The predicted molar refractivity (Wildman–Crippen MR) is 97.6 cm³/mol. The number of sulfonamides is 1. The van der Waals surface area contributed by atoms with E-state index in [1.54, 1.807) is 30.0 Å². The highest BCUT2D eigenvalue weighted by atomic mass is 32.2. The molecule has 0 aliphatic rings. The summed E-state index contributed by atoms with van der Waals surface area (Å²) in [7, 11) is -3.61. The molecule has 118 valence electrons. The fraction of sp³-hybridized carbons (Fsp3) is 0.111. The van der Waals surface area contributed by atoms with E-state index in [1.165, 1.54) is 0 Å². The van der Waals surface area contributed by atoms with Gasteiger partial charge in [0.15, 0.2) is 0 Å². The summed E-state index contributed by atoms with van der Waals surface area (Å²) in [5.74, 6) is 0.884. The number of hydrogen-bond donors (Lipinski definition) is 1. The monoisotopic (exact) mass is 343 g/mol. The fourth-order valence-electron chi connectivity index (χ4n) is 2.37. The van der Waals surface area contributed by atoms with E-state index in [2.05, 4.69) is 4.72 Å². The van der Waals surface area contributed by atoms with E-state index in [4.69, 9.17) is 0 Å². The highest BCUT2D eigenvalue weighted by Gasteiger charge is 2.16. The van der Waals surface area contributed by atoms with Gasteiger partial charge in [-0.25, -0.2) is 8.42 Å². The summed E-state index contributed by atoms with van der Waals surface area (Å²) in [6.45, 7) is 2.04. The summed E-state index contributed by atoms with van der Waals surface area (Å²) in [6.07, 6.45) is 0. The van der Waals surface area contributed by atoms with Crippen LogP contribution in [0.3, 0.4) is 0 Å². The van der Waals surface area contributed by atoms with Crippen molar-refractivity contribution in [1.82, 2.24) is 0 Å². The zero-order chi connectivity index (χ0) is 16.3. The van der Waals surface area contributed by atoms with Gasteiger partial charge in [0.25, 0.3) is 10.0 Å². The zero-order valence-electron chi connectivity index (χ0n) is 12.7. The van der Waals surface area contributed by atoms with Gasteiger partial charge in [-0.3, -0.25) is 4.72 Å². The van der Waals surface area contributed by atoms with Gasteiger partial charge < -0.3 is 0 Å². The van der Waals surface area contributed by atoms with Crippen LogP contribution in [0.4, 0.5) is 5.69 Å². The van der Waals surface area contributed by atoms with E-state index in [0.717, 1.165) is 21.4 Å². The Labute approximate surface area is 140 Å². The van der Waals surface area contributed by atoms with Crippen molar-refractivity contribution in [2.75, 3.05) is 10.5 Å². The Morgan fingerprint density at radius 3 is 2.39 bits per heavy atom. The van der Waals surface area contributed by atoms with Crippen molar-refractivity contribution in [1.29, 1.82) is 0 Å². The first kappa shape index (κ1) is 15.9. The van der Waals surface area contributed by atoms with Crippen LogP contribution in [0.2, 0.25) is 0 Å². The van der Waals surface area contributed by atoms with Gasteiger partial charge in [0.2, 0.25) is 0 Å². The van der Waals surface area contributed by atoms with Crippen LogP contribution in [0, 0.1) is 0 Å². The fourth-order valence-corrected chi connectivity index (χ4v) is 4.31. The van der Waals surface area contributed by atoms with Gasteiger partial charge in [0, 0.05) is 4.90 Å². The SMILES string of the molecule is CCSc1ccccc1NS(=O)(=O)c1ccc2ccccc2c1. The van der Waals surface area contributed by atoms with Crippen LogP contribution in [0.15, 0.2) is 76.5 Å². The Morgan fingerprint density at radius 2 is 1.61 bits per heavy atom. The molecule has 0 aliphatic heterocycles. The summed E-state index contributed by atoms with van der Waals surface area (Å²) in [6, 6.07) is 20.3. The van der Waals surface area contributed by atoms with Gasteiger partial charge in [-0.05, 0) is 40.8 Å². The summed E-state index contributed by atoms with van der Waals surface area (Å²) < 4.78 is 28.1. The Kier molecular flexibility index (Phi) is 4.59. The molecule has 0 amide bonds. The van der Waals surface area contributed by atoms with Gasteiger partial charge in [-0.1, -0.05) is 49.4 Å². The average molecular weight is 343 g/mol. The van der Waals surface area contributed by atoms with Crippen LogP contribution in [0.25, 0.3) is 10.8 Å². The first-order valence-corrected chi connectivity index (χ1v) is 9.80. The molecule has 3 rings (SSSR count). The third-order valence-corrected chi connectivity index (χ3v) is 5.78. The van der Waals surface area contributed by atoms with Gasteiger partial charge in [0.05, 0.1) is 10.6 Å². The first-order chi connectivity index (χ1) is 11.1. The zero-order valence-corrected chi connectivity index (χ0v) is 14.3. The molecule has 0 heterocycles. The van der Waals surface area contributed by atoms with Crippen LogP contribution >= 0.6 is 11.8 Å². The van der Waals surface area contributed by atoms with Crippen molar-refractivity contribution < 1.29 is 8.42 Å². The quantitative estimate of drug-likeness (QED) is 0.680. The normalized spacial score (nSPS) is 11.5. The Balaban J connectivity index is 1.97. The van der Waals surface area contributed by atoms with Crippen molar-refractivity contribution in [2.24, 2.45) is 0 Å². The Bertz CT molecular complexity index is 936. The second kappa shape index (κ2) is 6.64. The molecule has 5 heteroatoms. The minimum atomic E-state index is -3.61. The Morgan fingerprint density at radius 1 is 0.913 bits per heavy atom. The maximum absolute atomic E-state index is 12.7. The molecule has 23 heavy (non-hydrogen) atoms. The van der Waals surface area contributed by atoms with Crippen molar-refractivity contribution in [3.63, 3.8) is 0 Å². The highest BCUT2D eigenvalue weighted by Crippen LogP contribution is 2.29. The van der Waals surface area contributed by atoms with Gasteiger partial charge in [-0.15, -0.1) is 11.8 Å². The molecule has 0 saturated heterocycles. The van der Waals surface area contributed by atoms with E-state index in [9.17, 15) is 8.42 Å². The van der Waals surface area contributed by atoms with Crippen molar-refractivity contribution in [3.05, 3.63) is 66.7 Å². The molecule has 0 atom stereocenters.